The highest BCUT2D eigenvalue weighted by molar-refractivity contribution is 6.11. The summed E-state index contributed by atoms with van der Waals surface area (Å²) in [5, 5.41) is 13.0. The van der Waals surface area contributed by atoms with Gasteiger partial charge in [0.1, 0.15) is 11.6 Å². The van der Waals surface area contributed by atoms with Gasteiger partial charge < -0.3 is 4.57 Å². The van der Waals surface area contributed by atoms with E-state index in [2.05, 4.69) is 52.0 Å². The van der Waals surface area contributed by atoms with Crippen molar-refractivity contribution >= 4 is 21.8 Å². The fraction of sp³-hybridized carbons (Fsp3) is 0.0357. The maximum absolute atomic E-state index is 10.9. The largest absolute Gasteiger partial charge is 0.308 e. The number of aryl methyl sites for hydroxylation is 2. The summed E-state index contributed by atoms with van der Waals surface area (Å²) in [6.07, 6.45) is 0. The standard InChI is InChI=1S/C56H37N9/c1-35-58-36(2)60-54(59-35)42-27-28-44-43-25-15-16-26-51(43)65(52(44)31-42)53-45(55-61-47(38-17-7-3-8-18-38)32-48(62-55)39-19-9-4-10-20-39)29-37(34-57)30-46(53)56-63-49(40-21-11-5-12-22-40)33-50(64-56)41-23-13-6-14-24-41/h3-33H,1-2H3. The van der Waals surface area contributed by atoms with Crippen LogP contribution in [0, 0.1) is 25.2 Å². The molecule has 0 fully saturated rings. The zero-order valence-corrected chi connectivity index (χ0v) is 35.4. The van der Waals surface area contributed by atoms with Crippen LogP contribution >= 0.6 is 0 Å². The fourth-order valence-corrected chi connectivity index (χ4v) is 8.54. The van der Waals surface area contributed by atoms with Crippen molar-refractivity contribution in [2.45, 2.75) is 13.8 Å². The van der Waals surface area contributed by atoms with Gasteiger partial charge in [0.25, 0.3) is 0 Å². The average Bonchev–Trinajstić information content (AvgIpc) is 3.69. The van der Waals surface area contributed by atoms with Gasteiger partial charge in [-0.15, -0.1) is 0 Å². The van der Waals surface area contributed by atoms with Gasteiger partial charge in [-0.2, -0.15) is 5.26 Å². The smallest absolute Gasteiger partial charge is 0.163 e. The lowest BCUT2D eigenvalue weighted by atomic mass is 9.99. The van der Waals surface area contributed by atoms with Crippen LogP contribution in [-0.4, -0.2) is 39.5 Å². The number of aromatic nitrogens is 8. The summed E-state index contributed by atoms with van der Waals surface area (Å²) in [5.74, 6) is 2.73. The molecule has 0 radical (unpaired) electrons. The molecule has 0 atom stereocenters. The Morgan fingerprint density at radius 1 is 0.369 bits per heavy atom. The molecule has 0 unspecified atom stereocenters. The van der Waals surface area contributed by atoms with E-state index in [1.807, 2.05) is 166 Å². The topological polar surface area (TPSA) is 119 Å². The van der Waals surface area contributed by atoms with Crippen molar-refractivity contribution in [2.75, 3.05) is 0 Å². The summed E-state index contributed by atoms with van der Waals surface area (Å²) in [4.78, 5) is 35.4. The lowest BCUT2D eigenvalue weighted by Crippen LogP contribution is -2.07. The number of para-hydroxylation sites is 1. The van der Waals surface area contributed by atoms with Crippen LogP contribution in [0.2, 0.25) is 0 Å². The van der Waals surface area contributed by atoms with Gasteiger partial charge in [0, 0.05) is 49.7 Å². The number of benzene rings is 7. The van der Waals surface area contributed by atoms with E-state index in [0.29, 0.717) is 51.5 Å². The summed E-state index contributed by atoms with van der Waals surface area (Å²) >= 11 is 0. The number of nitrogens with zero attached hydrogens (tertiary/aromatic N) is 9. The number of rotatable bonds is 8. The molecule has 0 aliphatic heterocycles. The molecule has 0 aliphatic carbocycles. The molecule has 11 aromatic rings. The molecule has 0 aliphatic rings. The number of fused-ring (bicyclic) bond motifs is 3. The Morgan fingerprint density at radius 3 is 1.23 bits per heavy atom. The molecular weight excluding hydrogens is 799 g/mol. The van der Waals surface area contributed by atoms with E-state index in [9.17, 15) is 5.26 Å². The predicted molar refractivity (Wildman–Crippen MR) is 258 cm³/mol. The van der Waals surface area contributed by atoms with E-state index >= 15 is 0 Å². The van der Waals surface area contributed by atoms with Gasteiger partial charge in [-0.3, -0.25) is 0 Å². The van der Waals surface area contributed by atoms with Crippen LogP contribution in [0.5, 0.6) is 0 Å². The number of hydrogen-bond donors (Lipinski definition) is 0. The van der Waals surface area contributed by atoms with Gasteiger partial charge in [0.15, 0.2) is 17.5 Å². The Morgan fingerprint density at radius 2 is 0.785 bits per heavy atom. The maximum Gasteiger partial charge on any atom is 0.163 e. The minimum atomic E-state index is 0.404. The van der Waals surface area contributed by atoms with Crippen molar-refractivity contribution < 1.29 is 0 Å². The van der Waals surface area contributed by atoms with Crippen molar-refractivity contribution in [1.82, 2.24) is 39.5 Å². The summed E-state index contributed by atoms with van der Waals surface area (Å²) < 4.78 is 2.24. The van der Waals surface area contributed by atoms with Gasteiger partial charge in [-0.25, -0.2) is 34.9 Å². The summed E-state index contributed by atoms with van der Waals surface area (Å²) in [6.45, 7) is 3.76. The summed E-state index contributed by atoms with van der Waals surface area (Å²) in [6, 6.07) is 65.4. The Labute approximate surface area is 375 Å². The molecule has 0 amide bonds. The highest BCUT2D eigenvalue weighted by Gasteiger charge is 2.26. The second-order valence-electron chi connectivity index (χ2n) is 15.8. The quantitative estimate of drug-likeness (QED) is 0.148. The molecule has 4 heterocycles. The highest BCUT2D eigenvalue weighted by atomic mass is 15.0. The fourth-order valence-electron chi connectivity index (χ4n) is 8.54. The molecule has 0 bridgehead atoms. The lowest BCUT2D eigenvalue weighted by Gasteiger charge is -2.20. The van der Waals surface area contributed by atoms with E-state index in [0.717, 1.165) is 72.4 Å². The van der Waals surface area contributed by atoms with Crippen LogP contribution in [0.15, 0.2) is 188 Å². The van der Waals surface area contributed by atoms with Gasteiger partial charge in [-0.05, 0) is 50.2 Å². The molecule has 7 aromatic carbocycles. The van der Waals surface area contributed by atoms with E-state index in [1.54, 1.807) is 0 Å². The molecule has 306 valence electrons. The first-order valence-corrected chi connectivity index (χ1v) is 21.3. The minimum absolute atomic E-state index is 0.404. The van der Waals surface area contributed by atoms with Crippen molar-refractivity contribution in [3.05, 3.63) is 205 Å². The van der Waals surface area contributed by atoms with Crippen LogP contribution in [0.1, 0.15) is 17.2 Å². The zero-order valence-electron chi connectivity index (χ0n) is 35.4. The molecule has 9 nitrogen and oxygen atoms in total. The Balaban J connectivity index is 1.30. The molecular formula is C56H37N9. The van der Waals surface area contributed by atoms with Gasteiger partial charge in [0.2, 0.25) is 0 Å². The third-order valence-electron chi connectivity index (χ3n) is 11.5. The van der Waals surface area contributed by atoms with Crippen LogP contribution in [-0.2, 0) is 0 Å². The molecule has 9 heteroatoms. The molecule has 65 heavy (non-hydrogen) atoms. The van der Waals surface area contributed by atoms with Crippen LogP contribution in [0.3, 0.4) is 0 Å². The molecule has 0 N–H and O–H groups in total. The third-order valence-corrected chi connectivity index (χ3v) is 11.5. The first kappa shape index (κ1) is 38.9. The lowest BCUT2D eigenvalue weighted by molar-refractivity contribution is 0.928. The molecule has 4 aromatic heterocycles. The molecule has 11 rings (SSSR count). The Bertz CT molecular complexity index is 3340. The van der Waals surface area contributed by atoms with E-state index in [-0.39, 0.29) is 0 Å². The second-order valence-corrected chi connectivity index (χ2v) is 15.8. The maximum atomic E-state index is 10.9. The van der Waals surface area contributed by atoms with Crippen molar-refractivity contribution in [3.8, 4) is 90.9 Å². The molecule has 0 spiro atoms. The monoisotopic (exact) mass is 835 g/mol. The normalized spacial score (nSPS) is 11.2. The van der Waals surface area contributed by atoms with Crippen LogP contribution < -0.4 is 0 Å². The number of hydrogen-bond acceptors (Lipinski definition) is 8. The summed E-state index contributed by atoms with van der Waals surface area (Å²) in [7, 11) is 0. The van der Waals surface area contributed by atoms with Crippen molar-refractivity contribution in [3.63, 3.8) is 0 Å². The number of nitriles is 1. The van der Waals surface area contributed by atoms with E-state index < -0.39 is 0 Å². The predicted octanol–water partition coefficient (Wildman–Crippen LogP) is 12.7. The van der Waals surface area contributed by atoms with Crippen molar-refractivity contribution in [2.24, 2.45) is 0 Å². The Kier molecular flexibility index (Phi) is 9.79. The van der Waals surface area contributed by atoms with Crippen molar-refractivity contribution in [1.29, 1.82) is 5.26 Å². The third kappa shape index (κ3) is 7.35. The summed E-state index contributed by atoms with van der Waals surface area (Å²) in [5.41, 5.74) is 11.7. The SMILES string of the molecule is Cc1nc(C)nc(-c2ccc3c4ccccc4n(-c4c(-c5nc(-c6ccccc6)cc(-c6ccccc6)n5)cc(C#N)cc4-c4nc(-c5ccccc5)cc(-c5ccccc5)n4)c3c2)n1. The minimum Gasteiger partial charge on any atom is -0.308 e. The van der Waals surface area contributed by atoms with Crippen LogP contribution in [0.25, 0.3) is 107 Å². The van der Waals surface area contributed by atoms with Gasteiger partial charge >= 0.3 is 0 Å². The van der Waals surface area contributed by atoms with Gasteiger partial charge in [0.05, 0.1) is 51.1 Å². The van der Waals surface area contributed by atoms with Gasteiger partial charge in [-0.1, -0.05) is 152 Å². The second kappa shape index (κ2) is 16.4. The van der Waals surface area contributed by atoms with E-state index in [4.69, 9.17) is 29.9 Å². The Hall–Kier alpha value is -9.00. The first-order chi connectivity index (χ1) is 32.0. The van der Waals surface area contributed by atoms with E-state index in [1.165, 1.54) is 0 Å². The zero-order chi connectivity index (χ0) is 43.9. The first-order valence-electron chi connectivity index (χ1n) is 21.3. The molecule has 0 saturated carbocycles. The van der Waals surface area contributed by atoms with Crippen LogP contribution in [0.4, 0.5) is 0 Å². The highest BCUT2D eigenvalue weighted by Crippen LogP contribution is 2.43. The average molecular weight is 836 g/mol. The molecule has 0 saturated heterocycles.